The number of hydrogen-bond donors (Lipinski definition) is 2. The Bertz CT molecular complexity index is 1010. The average Bonchev–Trinajstić information content (AvgIpc) is 3.27. The van der Waals surface area contributed by atoms with Crippen LogP contribution in [-0.4, -0.2) is 39.9 Å². The molecule has 4 rings (SSSR count). The first-order valence-electron chi connectivity index (χ1n) is 9.96. The van der Waals surface area contributed by atoms with Gasteiger partial charge in [-0.3, -0.25) is 4.79 Å². The number of benzene rings is 2. The predicted molar refractivity (Wildman–Crippen MR) is 117 cm³/mol. The van der Waals surface area contributed by atoms with Gasteiger partial charge in [-0.1, -0.05) is 30.3 Å². The highest BCUT2D eigenvalue weighted by molar-refractivity contribution is 7.13. The normalized spacial score (nSPS) is 14.5. The summed E-state index contributed by atoms with van der Waals surface area (Å²) in [5, 5.41) is 15.2. The number of carbonyl (C=O) groups excluding carboxylic acids is 2. The van der Waals surface area contributed by atoms with Gasteiger partial charge in [0.25, 0.3) is 0 Å². The van der Waals surface area contributed by atoms with Crippen LogP contribution in [0.4, 0.5) is 4.79 Å². The first-order valence-corrected chi connectivity index (χ1v) is 10.8. The molecule has 7 heteroatoms. The van der Waals surface area contributed by atoms with E-state index < -0.39 is 0 Å². The van der Waals surface area contributed by atoms with Gasteiger partial charge >= 0.3 is 6.03 Å². The molecular weight excluding hydrogens is 398 g/mol. The van der Waals surface area contributed by atoms with Gasteiger partial charge in [0, 0.05) is 35.5 Å². The van der Waals surface area contributed by atoms with Crippen molar-refractivity contribution in [2.24, 2.45) is 5.92 Å². The lowest BCUT2D eigenvalue weighted by atomic mass is 9.89. The fourth-order valence-corrected chi connectivity index (χ4v) is 4.41. The summed E-state index contributed by atoms with van der Waals surface area (Å²) < 4.78 is 0. The highest BCUT2D eigenvalue weighted by atomic mass is 32.1. The SMILES string of the molecule is O=C(c1ccc(O)cc1)C1CCN(C(=O)NCc2csc(-c3ccccc3)n2)CC1. The summed E-state index contributed by atoms with van der Waals surface area (Å²) in [5.74, 6) is 0.130. The van der Waals surface area contributed by atoms with Gasteiger partial charge in [0.15, 0.2) is 5.78 Å². The summed E-state index contributed by atoms with van der Waals surface area (Å²) in [7, 11) is 0. The number of nitrogens with one attached hydrogen (secondary N) is 1. The number of likely N-dealkylation sites (tertiary alicyclic amines) is 1. The van der Waals surface area contributed by atoms with Crippen LogP contribution in [0.2, 0.25) is 0 Å². The van der Waals surface area contributed by atoms with Gasteiger partial charge in [-0.05, 0) is 37.1 Å². The van der Waals surface area contributed by atoms with Crippen molar-refractivity contribution < 1.29 is 14.7 Å². The molecule has 30 heavy (non-hydrogen) atoms. The number of phenolic OH excluding ortho intramolecular Hbond substituents is 1. The number of urea groups is 1. The maximum Gasteiger partial charge on any atom is 0.317 e. The molecule has 154 valence electrons. The van der Waals surface area contributed by atoms with Gasteiger partial charge in [-0.15, -0.1) is 11.3 Å². The molecule has 0 saturated carbocycles. The fourth-order valence-electron chi connectivity index (χ4n) is 3.59. The van der Waals surface area contributed by atoms with Crippen LogP contribution in [0.15, 0.2) is 60.0 Å². The molecule has 6 nitrogen and oxygen atoms in total. The van der Waals surface area contributed by atoms with Crippen molar-refractivity contribution in [3.8, 4) is 16.3 Å². The van der Waals surface area contributed by atoms with Gasteiger partial charge in [0.05, 0.1) is 12.2 Å². The van der Waals surface area contributed by atoms with Crippen molar-refractivity contribution in [2.45, 2.75) is 19.4 Å². The number of Topliss-reactive ketones (excluding diaryl/α,β-unsaturated/α-hetero) is 1. The molecule has 2 N–H and O–H groups in total. The van der Waals surface area contributed by atoms with Crippen LogP contribution in [0, 0.1) is 5.92 Å². The molecule has 0 bridgehead atoms. The highest BCUT2D eigenvalue weighted by Crippen LogP contribution is 2.24. The zero-order valence-electron chi connectivity index (χ0n) is 16.5. The van der Waals surface area contributed by atoms with Crippen LogP contribution in [0.3, 0.4) is 0 Å². The van der Waals surface area contributed by atoms with E-state index >= 15 is 0 Å². The second-order valence-electron chi connectivity index (χ2n) is 7.34. The first-order chi connectivity index (χ1) is 14.6. The van der Waals surface area contributed by atoms with E-state index in [9.17, 15) is 14.7 Å². The van der Waals surface area contributed by atoms with Gasteiger partial charge in [0.1, 0.15) is 10.8 Å². The number of aromatic hydroxyl groups is 1. The zero-order valence-corrected chi connectivity index (χ0v) is 17.3. The number of hydrogen-bond acceptors (Lipinski definition) is 5. The van der Waals surface area contributed by atoms with Crippen LogP contribution in [0.1, 0.15) is 28.9 Å². The quantitative estimate of drug-likeness (QED) is 0.601. The minimum atomic E-state index is -0.125. The molecule has 1 aliphatic rings. The van der Waals surface area contributed by atoms with Gasteiger partial charge in [-0.2, -0.15) is 0 Å². The standard InChI is InChI=1S/C23H23N3O3S/c27-20-8-6-16(7-9-20)21(28)17-10-12-26(13-11-17)23(29)24-14-19-15-30-22(25-19)18-4-2-1-3-5-18/h1-9,15,17,27H,10-14H2,(H,24,29). The van der Waals surface area contributed by atoms with Gasteiger partial charge in [0.2, 0.25) is 0 Å². The number of thiazole rings is 1. The lowest BCUT2D eigenvalue weighted by Gasteiger charge is -2.31. The Morgan fingerprint density at radius 1 is 1.07 bits per heavy atom. The van der Waals surface area contributed by atoms with Crippen LogP contribution in [-0.2, 0) is 6.54 Å². The van der Waals surface area contributed by atoms with Gasteiger partial charge in [-0.25, -0.2) is 9.78 Å². The molecule has 0 aliphatic carbocycles. The second kappa shape index (κ2) is 9.09. The Morgan fingerprint density at radius 3 is 2.47 bits per heavy atom. The lowest BCUT2D eigenvalue weighted by molar-refractivity contribution is 0.0854. The number of rotatable bonds is 5. The van der Waals surface area contributed by atoms with Crippen molar-refractivity contribution in [3.63, 3.8) is 0 Å². The average molecular weight is 422 g/mol. The smallest absolute Gasteiger partial charge is 0.317 e. The number of ketones is 1. The van der Waals surface area contributed by atoms with E-state index in [1.54, 1.807) is 28.4 Å². The molecule has 1 saturated heterocycles. The van der Waals surface area contributed by atoms with Crippen LogP contribution in [0.25, 0.3) is 10.6 Å². The van der Waals surface area contributed by atoms with E-state index in [1.165, 1.54) is 12.1 Å². The van der Waals surface area contributed by atoms with Crippen LogP contribution < -0.4 is 5.32 Å². The maximum absolute atomic E-state index is 12.6. The Labute approximate surface area is 179 Å². The fraction of sp³-hybridized carbons (Fsp3) is 0.261. The van der Waals surface area contributed by atoms with Crippen molar-refractivity contribution in [3.05, 3.63) is 71.2 Å². The van der Waals surface area contributed by atoms with Crippen molar-refractivity contribution in [1.29, 1.82) is 0 Å². The summed E-state index contributed by atoms with van der Waals surface area (Å²) in [6.45, 7) is 1.48. The van der Waals surface area contributed by atoms with E-state index in [2.05, 4.69) is 10.3 Å². The van der Waals surface area contributed by atoms with Crippen molar-refractivity contribution in [2.75, 3.05) is 13.1 Å². The summed E-state index contributed by atoms with van der Waals surface area (Å²) in [6, 6.07) is 16.2. The number of piperidine rings is 1. The molecule has 2 amide bonds. The van der Waals surface area contributed by atoms with Crippen LogP contribution >= 0.6 is 11.3 Å². The molecule has 2 heterocycles. The molecule has 0 spiro atoms. The number of carbonyl (C=O) groups is 2. The van der Waals surface area contributed by atoms with E-state index in [1.807, 2.05) is 35.7 Å². The molecule has 2 aromatic carbocycles. The predicted octanol–water partition coefficient (Wildman–Crippen LogP) is 4.32. The number of aromatic nitrogens is 1. The molecule has 0 radical (unpaired) electrons. The Balaban J connectivity index is 1.26. The summed E-state index contributed by atoms with van der Waals surface area (Å²) in [4.78, 5) is 31.5. The summed E-state index contributed by atoms with van der Waals surface area (Å²) >= 11 is 1.56. The third-order valence-electron chi connectivity index (χ3n) is 5.30. The Morgan fingerprint density at radius 2 is 1.77 bits per heavy atom. The molecule has 0 atom stereocenters. The lowest BCUT2D eigenvalue weighted by Crippen LogP contribution is -2.45. The largest absolute Gasteiger partial charge is 0.508 e. The molecule has 0 unspecified atom stereocenters. The van der Waals surface area contributed by atoms with Crippen LogP contribution in [0.5, 0.6) is 5.75 Å². The Hall–Kier alpha value is -3.19. The van der Waals surface area contributed by atoms with Crippen molar-refractivity contribution >= 4 is 23.2 Å². The van der Waals surface area contributed by atoms with E-state index in [-0.39, 0.29) is 23.5 Å². The number of nitrogens with zero attached hydrogens (tertiary/aromatic N) is 2. The number of phenols is 1. The molecule has 1 aliphatic heterocycles. The third-order valence-corrected chi connectivity index (χ3v) is 6.24. The monoisotopic (exact) mass is 421 g/mol. The van der Waals surface area contributed by atoms with E-state index in [0.29, 0.717) is 38.0 Å². The minimum Gasteiger partial charge on any atom is -0.508 e. The Kier molecular flexibility index (Phi) is 6.09. The highest BCUT2D eigenvalue weighted by Gasteiger charge is 2.28. The maximum atomic E-state index is 12.6. The van der Waals surface area contributed by atoms with Gasteiger partial charge < -0.3 is 15.3 Å². The molecule has 1 fully saturated rings. The van der Waals surface area contributed by atoms with E-state index in [0.717, 1.165) is 16.3 Å². The van der Waals surface area contributed by atoms with E-state index in [4.69, 9.17) is 0 Å². The topological polar surface area (TPSA) is 82.5 Å². The number of amides is 2. The molecular formula is C23H23N3O3S. The summed E-state index contributed by atoms with van der Waals surface area (Å²) in [5.41, 5.74) is 2.51. The minimum absolute atomic E-state index is 0.0750. The third kappa shape index (κ3) is 4.68. The molecule has 1 aromatic heterocycles. The molecule has 3 aromatic rings. The second-order valence-corrected chi connectivity index (χ2v) is 8.20. The van der Waals surface area contributed by atoms with Crippen molar-refractivity contribution in [1.82, 2.24) is 15.2 Å². The first kappa shape index (κ1) is 20.1. The summed E-state index contributed by atoms with van der Waals surface area (Å²) in [6.07, 6.45) is 1.28. The zero-order chi connectivity index (χ0) is 20.9.